The fraction of sp³-hybridized carbons (Fsp3) is 0.667. The van der Waals surface area contributed by atoms with Gasteiger partial charge in [-0.15, -0.1) is 0 Å². The summed E-state index contributed by atoms with van der Waals surface area (Å²) in [5, 5.41) is 13.2. The molecule has 0 bridgehead atoms. The van der Waals surface area contributed by atoms with E-state index in [2.05, 4.69) is 5.10 Å². The van der Waals surface area contributed by atoms with Crippen molar-refractivity contribution in [3.8, 4) is 0 Å². The third-order valence-electron chi connectivity index (χ3n) is 2.31. The van der Waals surface area contributed by atoms with Crippen LogP contribution in [0.5, 0.6) is 0 Å². The van der Waals surface area contributed by atoms with Crippen LogP contribution in [-0.2, 0) is 13.6 Å². The molecule has 1 heterocycles. The van der Waals surface area contributed by atoms with E-state index >= 15 is 0 Å². The minimum absolute atomic E-state index is 0.130. The van der Waals surface area contributed by atoms with E-state index in [4.69, 9.17) is 10.8 Å². The molecular weight excluding hydrogens is 180 g/mol. The van der Waals surface area contributed by atoms with E-state index in [9.17, 15) is 0 Å². The first-order valence-corrected chi connectivity index (χ1v) is 4.66. The number of aryl methyl sites for hydroxylation is 2. The Labute approximate surface area is 84.1 Å². The van der Waals surface area contributed by atoms with Gasteiger partial charge in [-0.05, 0) is 6.92 Å². The topological polar surface area (TPSA) is 67.3 Å². The maximum Gasteiger partial charge on any atom is 0.131 e. The van der Waals surface area contributed by atoms with E-state index in [1.54, 1.807) is 4.68 Å². The molecular formula is C9H18N4O. The van der Waals surface area contributed by atoms with E-state index in [-0.39, 0.29) is 6.61 Å². The Hall–Kier alpha value is -1.07. The summed E-state index contributed by atoms with van der Waals surface area (Å²) in [6.07, 6.45) is 0. The number of anilines is 1. The van der Waals surface area contributed by atoms with Crippen molar-refractivity contribution in [3.05, 3.63) is 11.3 Å². The van der Waals surface area contributed by atoms with Crippen LogP contribution in [0, 0.1) is 6.92 Å². The SMILES string of the molecule is Cc1nn(C)c(N(C)CCO)c1CN. The number of aliphatic hydroxyl groups excluding tert-OH is 1. The summed E-state index contributed by atoms with van der Waals surface area (Å²) in [5.41, 5.74) is 7.65. The molecule has 1 aromatic heterocycles. The van der Waals surface area contributed by atoms with Gasteiger partial charge >= 0.3 is 0 Å². The standard InChI is InChI=1S/C9H18N4O/c1-7-8(6-10)9(13(3)11-7)12(2)4-5-14/h14H,4-6,10H2,1-3H3. The van der Waals surface area contributed by atoms with Crippen LogP contribution in [0.3, 0.4) is 0 Å². The van der Waals surface area contributed by atoms with Crippen LogP contribution < -0.4 is 10.6 Å². The Morgan fingerprint density at radius 2 is 2.21 bits per heavy atom. The second-order valence-corrected chi connectivity index (χ2v) is 3.36. The molecule has 80 valence electrons. The number of aliphatic hydroxyl groups is 1. The summed E-state index contributed by atoms with van der Waals surface area (Å²) in [7, 11) is 3.81. The normalized spacial score (nSPS) is 10.6. The third-order valence-corrected chi connectivity index (χ3v) is 2.31. The van der Waals surface area contributed by atoms with Crippen molar-refractivity contribution in [1.29, 1.82) is 0 Å². The van der Waals surface area contributed by atoms with Gasteiger partial charge in [-0.1, -0.05) is 0 Å². The lowest BCUT2D eigenvalue weighted by Gasteiger charge is -2.19. The average Bonchev–Trinajstić information content (AvgIpc) is 2.40. The lowest BCUT2D eigenvalue weighted by molar-refractivity contribution is 0.303. The first-order chi connectivity index (χ1) is 6.61. The van der Waals surface area contributed by atoms with Crippen molar-refractivity contribution >= 4 is 5.82 Å². The largest absolute Gasteiger partial charge is 0.395 e. The van der Waals surface area contributed by atoms with Crippen LogP contribution in [0.1, 0.15) is 11.3 Å². The number of nitrogens with zero attached hydrogens (tertiary/aromatic N) is 3. The smallest absolute Gasteiger partial charge is 0.131 e. The van der Waals surface area contributed by atoms with Gasteiger partial charge in [0, 0.05) is 32.7 Å². The average molecular weight is 198 g/mol. The molecule has 5 nitrogen and oxygen atoms in total. The molecule has 0 spiro atoms. The van der Waals surface area contributed by atoms with Crippen LogP contribution in [0.2, 0.25) is 0 Å². The fourth-order valence-corrected chi connectivity index (χ4v) is 1.66. The molecule has 14 heavy (non-hydrogen) atoms. The monoisotopic (exact) mass is 198 g/mol. The third kappa shape index (κ3) is 1.88. The molecule has 0 amide bonds. The van der Waals surface area contributed by atoms with Crippen molar-refractivity contribution in [1.82, 2.24) is 9.78 Å². The van der Waals surface area contributed by atoms with Crippen molar-refractivity contribution in [2.45, 2.75) is 13.5 Å². The van der Waals surface area contributed by atoms with Crippen LogP contribution >= 0.6 is 0 Å². The molecule has 0 atom stereocenters. The molecule has 0 aliphatic carbocycles. The summed E-state index contributed by atoms with van der Waals surface area (Å²) >= 11 is 0. The molecule has 0 aliphatic rings. The quantitative estimate of drug-likeness (QED) is 0.692. The van der Waals surface area contributed by atoms with E-state index in [1.165, 1.54) is 0 Å². The van der Waals surface area contributed by atoms with Crippen molar-refractivity contribution < 1.29 is 5.11 Å². The lowest BCUT2D eigenvalue weighted by atomic mass is 10.2. The molecule has 0 fully saturated rings. The summed E-state index contributed by atoms with van der Waals surface area (Å²) in [4.78, 5) is 1.96. The van der Waals surface area contributed by atoms with Gasteiger partial charge in [-0.3, -0.25) is 4.68 Å². The minimum Gasteiger partial charge on any atom is -0.395 e. The number of nitrogens with two attached hydrogens (primary N) is 1. The molecule has 5 heteroatoms. The molecule has 3 N–H and O–H groups in total. The van der Waals surface area contributed by atoms with E-state index in [1.807, 2.05) is 25.9 Å². The molecule has 1 rings (SSSR count). The summed E-state index contributed by atoms with van der Waals surface area (Å²) in [5.74, 6) is 0.985. The van der Waals surface area contributed by atoms with Crippen molar-refractivity contribution in [3.63, 3.8) is 0 Å². The number of likely N-dealkylation sites (N-methyl/N-ethyl adjacent to an activating group) is 1. The highest BCUT2D eigenvalue weighted by molar-refractivity contribution is 5.49. The minimum atomic E-state index is 0.130. The lowest BCUT2D eigenvalue weighted by Crippen LogP contribution is -2.25. The molecule has 0 aliphatic heterocycles. The Kier molecular flexibility index (Phi) is 3.49. The van der Waals surface area contributed by atoms with E-state index in [0.717, 1.165) is 17.1 Å². The van der Waals surface area contributed by atoms with Gasteiger partial charge in [-0.2, -0.15) is 5.10 Å². The molecule has 0 radical (unpaired) electrons. The van der Waals surface area contributed by atoms with Gasteiger partial charge in [0.15, 0.2) is 0 Å². The maximum absolute atomic E-state index is 8.86. The molecule has 0 saturated heterocycles. The number of aromatic nitrogens is 2. The Bertz CT molecular complexity index is 308. The summed E-state index contributed by atoms with van der Waals surface area (Å²) in [6.45, 7) is 3.14. The van der Waals surface area contributed by atoms with E-state index in [0.29, 0.717) is 13.1 Å². The van der Waals surface area contributed by atoms with E-state index < -0.39 is 0 Å². The first kappa shape index (κ1) is 11.0. The predicted octanol–water partition coefficient (Wildman–Crippen LogP) is -0.384. The van der Waals surface area contributed by atoms with Crippen LogP contribution in [-0.4, -0.2) is 35.1 Å². The predicted molar refractivity (Wildman–Crippen MR) is 56.2 cm³/mol. The second-order valence-electron chi connectivity index (χ2n) is 3.36. The number of hydrogen-bond acceptors (Lipinski definition) is 4. The number of hydrogen-bond donors (Lipinski definition) is 2. The van der Waals surface area contributed by atoms with Gasteiger partial charge < -0.3 is 15.7 Å². The molecule has 1 aromatic rings. The second kappa shape index (κ2) is 4.43. The summed E-state index contributed by atoms with van der Waals surface area (Å²) in [6, 6.07) is 0. The van der Waals surface area contributed by atoms with Crippen molar-refractivity contribution in [2.24, 2.45) is 12.8 Å². The molecule has 0 saturated carbocycles. The zero-order valence-corrected chi connectivity index (χ0v) is 8.99. The molecule has 0 aromatic carbocycles. The van der Waals surface area contributed by atoms with Crippen LogP contribution in [0.25, 0.3) is 0 Å². The molecule has 0 unspecified atom stereocenters. The number of rotatable bonds is 4. The summed E-state index contributed by atoms with van der Waals surface area (Å²) < 4.78 is 1.80. The van der Waals surface area contributed by atoms with Crippen molar-refractivity contribution in [2.75, 3.05) is 25.1 Å². The zero-order valence-electron chi connectivity index (χ0n) is 8.99. The highest BCUT2D eigenvalue weighted by Gasteiger charge is 2.14. The van der Waals surface area contributed by atoms with Gasteiger partial charge in [0.05, 0.1) is 12.3 Å². The first-order valence-electron chi connectivity index (χ1n) is 4.66. The van der Waals surface area contributed by atoms with Gasteiger partial charge in [-0.25, -0.2) is 0 Å². The highest BCUT2D eigenvalue weighted by atomic mass is 16.3. The zero-order chi connectivity index (χ0) is 10.7. The highest BCUT2D eigenvalue weighted by Crippen LogP contribution is 2.20. The van der Waals surface area contributed by atoms with Gasteiger partial charge in [0.1, 0.15) is 5.82 Å². The van der Waals surface area contributed by atoms with Crippen LogP contribution in [0.15, 0.2) is 0 Å². The Morgan fingerprint density at radius 3 is 2.71 bits per heavy atom. The van der Waals surface area contributed by atoms with Crippen LogP contribution in [0.4, 0.5) is 5.82 Å². The Balaban J connectivity index is 3.04. The fourth-order valence-electron chi connectivity index (χ4n) is 1.66. The maximum atomic E-state index is 8.86. The Morgan fingerprint density at radius 1 is 1.57 bits per heavy atom. The van der Waals surface area contributed by atoms with Gasteiger partial charge in [0.2, 0.25) is 0 Å². The van der Waals surface area contributed by atoms with Gasteiger partial charge in [0.25, 0.3) is 0 Å².